The van der Waals surface area contributed by atoms with Crippen LogP contribution in [0.4, 0.5) is 0 Å². The molecule has 23 heavy (non-hydrogen) atoms. The predicted octanol–water partition coefficient (Wildman–Crippen LogP) is 2.76. The molecule has 0 bridgehead atoms. The van der Waals surface area contributed by atoms with Crippen molar-refractivity contribution >= 4 is 19.6 Å². The van der Waals surface area contributed by atoms with Crippen molar-refractivity contribution in [3.8, 4) is 5.75 Å². The van der Waals surface area contributed by atoms with Crippen LogP contribution in [0.3, 0.4) is 0 Å². The van der Waals surface area contributed by atoms with Gasteiger partial charge in [-0.25, -0.2) is 4.79 Å². The molecule has 2 rings (SSSR count). The summed E-state index contributed by atoms with van der Waals surface area (Å²) in [7, 11) is -4.09. The number of phenolic OH excluding ortho intramolecular Hbond substituents is 1. The highest BCUT2D eigenvalue weighted by molar-refractivity contribution is 7.51. The molecule has 1 aliphatic rings. The summed E-state index contributed by atoms with van der Waals surface area (Å²) in [6, 6.07) is 0. The fourth-order valence-electron chi connectivity index (χ4n) is 2.93. The van der Waals surface area contributed by atoms with Crippen molar-refractivity contribution in [2.75, 3.05) is 6.16 Å². The van der Waals surface area contributed by atoms with Crippen molar-refractivity contribution in [3.05, 3.63) is 33.9 Å². The van der Waals surface area contributed by atoms with E-state index in [0.29, 0.717) is 17.5 Å². The van der Waals surface area contributed by atoms with Gasteiger partial charge in [-0.15, -0.1) is 0 Å². The van der Waals surface area contributed by atoms with Gasteiger partial charge in [0, 0.05) is 11.1 Å². The number of cyclic esters (lactones) is 1. The Morgan fingerprint density at radius 1 is 1.39 bits per heavy atom. The first kappa shape index (κ1) is 17.7. The first-order chi connectivity index (χ1) is 10.7. The van der Waals surface area contributed by atoms with E-state index < -0.39 is 13.6 Å². The molecule has 0 aliphatic carbocycles. The van der Waals surface area contributed by atoms with Crippen molar-refractivity contribution < 1.29 is 29.0 Å². The number of hydrogen-bond donors (Lipinski definition) is 3. The molecule has 126 valence electrons. The maximum absolute atomic E-state index is 11.8. The lowest BCUT2D eigenvalue weighted by Crippen LogP contribution is -2.03. The second kappa shape index (κ2) is 6.48. The first-order valence-corrected chi connectivity index (χ1v) is 9.22. The number of carbonyl (C=O) groups excluding carboxylic acids is 1. The smallest absolute Gasteiger partial charge is 0.342 e. The van der Waals surface area contributed by atoms with Crippen molar-refractivity contribution in [1.82, 2.24) is 0 Å². The molecule has 0 saturated carbocycles. The molecule has 0 radical (unpaired) electrons. The van der Waals surface area contributed by atoms with E-state index in [0.717, 1.165) is 11.1 Å². The fourth-order valence-corrected chi connectivity index (χ4v) is 3.81. The lowest BCUT2D eigenvalue weighted by molar-refractivity contribution is 0.0533. The van der Waals surface area contributed by atoms with Crippen LogP contribution in [0.2, 0.25) is 0 Å². The Bertz CT molecular complexity index is 716. The normalized spacial score (nSPS) is 15.8. The molecule has 0 spiro atoms. The summed E-state index contributed by atoms with van der Waals surface area (Å²) >= 11 is 0. The summed E-state index contributed by atoms with van der Waals surface area (Å²) in [5.41, 5.74) is 3.24. The maximum atomic E-state index is 11.8. The van der Waals surface area contributed by atoms with Crippen LogP contribution in [0.5, 0.6) is 5.75 Å². The van der Waals surface area contributed by atoms with Gasteiger partial charge in [-0.05, 0) is 30.4 Å². The summed E-state index contributed by atoms with van der Waals surface area (Å²) in [5, 5.41) is 10.5. The van der Waals surface area contributed by atoms with Crippen molar-refractivity contribution in [2.24, 2.45) is 5.92 Å². The van der Waals surface area contributed by atoms with Crippen molar-refractivity contribution in [3.63, 3.8) is 0 Å². The highest BCUT2D eigenvalue weighted by atomic mass is 31.2. The molecular weight excluding hydrogens is 319 g/mol. The van der Waals surface area contributed by atoms with E-state index in [1.54, 1.807) is 19.1 Å². The Hall–Kier alpha value is -1.62. The van der Waals surface area contributed by atoms with Crippen LogP contribution in [0.25, 0.3) is 6.08 Å². The third kappa shape index (κ3) is 3.66. The molecule has 1 atom stereocenters. The number of esters is 1. The molecule has 0 amide bonds. The quantitative estimate of drug-likeness (QED) is 0.562. The van der Waals surface area contributed by atoms with Crippen LogP contribution in [0.1, 0.15) is 46.5 Å². The van der Waals surface area contributed by atoms with Crippen LogP contribution >= 0.6 is 7.60 Å². The van der Waals surface area contributed by atoms with Crippen LogP contribution in [-0.4, -0.2) is 27.0 Å². The van der Waals surface area contributed by atoms with Gasteiger partial charge in [-0.3, -0.25) is 4.57 Å². The van der Waals surface area contributed by atoms with Gasteiger partial charge < -0.3 is 19.6 Å². The summed E-state index contributed by atoms with van der Waals surface area (Å²) < 4.78 is 16.0. The van der Waals surface area contributed by atoms with Gasteiger partial charge in [0.2, 0.25) is 0 Å². The number of phenols is 1. The Morgan fingerprint density at radius 3 is 2.61 bits per heavy atom. The van der Waals surface area contributed by atoms with Gasteiger partial charge in [-0.2, -0.15) is 0 Å². The summed E-state index contributed by atoms with van der Waals surface area (Å²) in [4.78, 5) is 29.8. The van der Waals surface area contributed by atoms with Crippen LogP contribution in [0.15, 0.2) is 6.08 Å². The van der Waals surface area contributed by atoms with Gasteiger partial charge >= 0.3 is 13.6 Å². The predicted molar refractivity (Wildman–Crippen MR) is 86.5 cm³/mol. The van der Waals surface area contributed by atoms with Crippen molar-refractivity contribution in [2.45, 2.75) is 33.8 Å². The minimum atomic E-state index is -4.09. The number of carbonyl (C=O) groups is 1. The van der Waals surface area contributed by atoms with Crippen molar-refractivity contribution in [1.29, 1.82) is 0 Å². The second-order valence-electron chi connectivity index (χ2n) is 5.83. The number of hydrogen-bond acceptors (Lipinski definition) is 4. The van der Waals surface area contributed by atoms with E-state index in [4.69, 9.17) is 14.5 Å². The SMILES string of the molecule is CCc1c(C)c2c(c(O)c1/C=C/C(C)CP(=O)(O)O)C(=O)OC2. The van der Waals surface area contributed by atoms with E-state index in [-0.39, 0.29) is 30.0 Å². The molecule has 1 aliphatic heterocycles. The van der Waals surface area contributed by atoms with Crippen LogP contribution in [-0.2, 0) is 22.3 Å². The fraction of sp³-hybridized carbons (Fsp3) is 0.438. The Morgan fingerprint density at radius 2 is 2.04 bits per heavy atom. The van der Waals surface area contributed by atoms with Gasteiger partial charge in [0.25, 0.3) is 0 Å². The third-order valence-corrected chi connectivity index (χ3v) is 5.10. The Balaban J connectivity index is 2.46. The van der Waals surface area contributed by atoms with E-state index >= 15 is 0 Å². The highest BCUT2D eigenvalue weighted by Gasteiger charge is 2.30. The van der Waals surface area contributed by atoms with E-state index in [9.17, 15) is 14.5 Å². The zero-order valence-electron chi connectivity index (χ0n) is 13.4. The highest BCUT2D eigenvalue weighted by Crippen LogP contribution is 2.40. The number of benzene rings is 1. The van der Waals surface area contributed by atoms with Gasteiger partial charge in [0.1, 0.15) is 17.9 Å². The number of fused-ring (bicyclic) bond motifs is 1. The largest absolute Gasteiger partial charge is 0.506 e. The van der Waals surface area contributed by atoms with E-state index in [2.05, 4.69) is 0 Å². The van der Waals surface area contributed by atoms with Gasteiger partial charge in [0.05, 0.1) is 6.16 Å². The molecule has 0 fully saturated rings. The van der Waals surface area contributed by atoms with Crippen LogP contribution < -0.4 is 0 Å². The average molecular weight is 340 g/mol. The Kier molecular flexibility index (Phi) is 4.99. The summed E-state index contributed by atoms with van der Waals surface area (Å²) in [6.07, 6.45) is 3.66. The zero-order valence-corrected chi connectivity index (χ0v) is 14.3. The second-order valence-corrected chi connectivity index (χ2v) is 7.53. The lowest BCUT2D eigenvalue weighted by atomic mass is 9.90. The Labute approximate surface area is 135 Å². The van der Waals surface area contributed by atoms with E-state index in [1.807, 2.05) is 13.8 Å². The first-order valence-electron chi connectivity index (χ1n) is 7.42. The molecule has 0 saturated heterocycles. The lowest BCUT2D eigenvalue weighted by Gasteiger charge is -2.15. The minimum Gasteiger partial charge on any atom is -0.506 e. The minimum absolute atomic E-state index is 0.121. The molecule has 3 N–H and O–H groups in total. The van der Waals surface area contributed by atoms with Crippen LogP contribution in [0, 0.1) is 12.8 Å². The average Bonchev–Trinajstić information content (AvgIpc) is 2.81. The third-order valence-electron chi connectivity index (χ3n) is 4.05. The molecule has 1 aromatic rings. The zero-order chi connectivity index (χ0) is 17.4. The summed E-state index contributed by atoms with van der Waals surface area (Å²) in [5.74, 6) is -1.02. The number of allylic oxidation sites excluding steroid dienone is 1. The monoisotopic (exact) mass is 340 g/mol. The molecule has 6 nitrogen and oxygen atoms in total. The standard InChI is InChI=1S/C16H21O6P/c1-4-11-10(3)13-7-22-16(18)14(13)15(17)12(11)6-5-9(2)8-23(19,20)21/h5-6,9,17H,4,7-8H2,1-3H3,(H2,19,20,21)/b6-5+. The molecule has 1 aromatic carbocycles. The molecule has 1 unspecified atom stereocenters. The molecular formula is C16H21O6P. The topological polar surface area (TPSA) is 104 Å². The number of rotatable bonds is 5. The molecule has 0 aromatic heterocycles. The molecule has 7 heteroatoms. The van der Waals surface area contributed by atoms with Gasteiger partial charge in [0.15, 0.2) is 0 Å². The number of aromatic hydroxyl groups is 1. The maximum Gasteiger partial charge on any atom is 0.342 e. The number of ether oxygens (including phenoxy) is 1. The molecule has 1 heterocycles. The van der Waals surface area contributed by atoms with Gasteiger partial charge in [-0.1, -0.05) is 26.0 Å². The summed E-state index contributed by atoms with van der Waals surface area (Å²) in [6.45, 7) is 5.68. The van der Waals surface area contributed by atoms with E-state index in [1.165, 1.54) is 0 Å².